The second-order valence-corrected chi connectivity index (χ2v) is 19.1. The van der Waals surface area contributed by atoms with E-state index >= 15 is 0 Å². The number of carbonyl (C=O) groups excluding carboxylic acids is 3. The molecule has 3 rings (SSSR count). The van der Waals surface area contributed by atoms with Crippen molar-refractivity contribution in [3.63, 3.8) is 0 Å². The molecule has 0 aliphatic carbocycles. The Morgan fingerprint density at radius 3 is 1.90 bits per heavy atom. The van der Waals surface area contributed by atoms with Gasteiger partial charge < -0.3 is 86.8 Å². The maximum absolute atomic E-state index is 13.7. The molecule has 15 N–H and O–H groups in total. The van der Waals surface area contributed by atoms with Gasteiger partial charge in [-0.2, -0.15) is 0 Å². The van der Waals surface area contributed by atoms with E-state index < -0.39 is 153 Å². The molecule has 19 atom stereocenters. The molecule has 2 fully saturated rings. The maximum Gasteiger partial charge on any atom is 0.308 e. The van der Waals surface area contributed by atoms with Crippen LogP contribution in [0, 0.1) is 17.8 Å². The largest absolute Gasteiger partial charge is 0.462 e. The summed E-state index contributed by atoms with van der Waals surface area (Å²) in [5.41, 5.74) is 11.3. The minimum Gasteiger partial charge on any atom is -0.462 e. The van der Waals surface area contributed by atoms with Gasteiger partial charge in [-0.05, 0) is 39.5 Å². The van der Waals surface area contributed by atoms with E-state index in [9.17, 15) is 65.4 Å². The smallest absolute Gasteiger partial charge is 0.308 e. The van der Waals surface area contributed by atoms with Crippen LogP contribution in [-0.4, -0.2) is 173 Å². The lowest BCUT2D eigenvalue weighted by Gasteiger charge is -2.46. The molecule has 0 spiro atoms. The summed E-state index contributed by atoms with van der Waals surface area (Å²) in [6.07, 6.45) is 4.05. The van der Waals surface area contributed by atoms with Gasteiger partial charge in [-0.1, -0.05) is 98.9 Å². The molecular formula is C51H81N3O17. The average Bonchev–Trinajstić information content (AvgIpc) is 3.28. The van der Waals surface area contributed by atoms with Crippen molar-refractivity contribution in [3.05, 3.63) is 85.1 Å². The zero-order valence-corrected chi connectivity index (χ0v) is 41.2. The van der Waals surface area contributed by atoms with Gasteiger partial charge in [0.25, 0.3) is 0 Å². The first kappa shape index (κ1) is 61.3. The highest BCUT2D eigenvalue weighted by molar-refractivity contribution is 5.80. The molecule has 402 valence electrons. The number of esters is 1. The number of aliphatic hydroxyl groups is 10. The van der Waals surface area contributed by atoms with Crippen LogP contribution in [-0.2, 0) is 33.3 Å². The molecule has 3 aliphatic rings. The fourth-order valence-corrected chi connectivity index (χ4v) is 8.58. The second-order valence-electron chi connectivity index (χ2n) is 19.1. The molecule has 71 heavy (non-hydrogen) atoms. The predicted octanol–water partition coefficient (Wildman–Crippen LogP) is 0.00880. The van der Waals surface area contributed by atoms with E-state index in [2.05, 4.69) is 5.32 Å². The van der Waals surface area contributed by atoms with E-state index in [1.807, 2.05) is 31.2 Å². The van der Waals surface area contributed by atoms with Crippen molar-refractivity contribution in [2.45, 2.75) is 189 Å². The number of nitrogens with one attached hydrogen (secondary N) is 1. The topological polar surface area (TPSA) is 354 Å². The Hall–Kier alpha value is -3.97. The number of ether oxygens (including phenoxy) is 4. The molecule has 0 aromatic heterocycles. The number of allylic oxidation sites excluding steroid dienone is 12. The molecular weight excluding hydrogens is 927 g/mol. The molecule has 3 heterocycles. The highest BCUT2D eigenvalue weighted by Crippen LogP contribution is 2.38. The Kier molecular flexibility index (Phi) is 26.7. The Labute approximate surface area is 416 Å². The first-order valence-corrected chi connectivity index (χ1v) is 24.5. The van der Waals surface area contributed by atoms with Crippen molar-refractivity contribution < 1.29 is 84.4 Å². The lowest BCUT2D eigenvalue weighted by Crippen LogP contribution is -2.62. The van der Waals surface area contributed by atoms with Crippen molar-refractivity contribution in [2.24, 2.45) is 29.2 Å². The summed E-state index contributed by atoms with van der Waals surface area (Å²) < 4.78 is 23.6. The molecule has 3 aliphatic heterocycles. The van der Waals surface area contributed by atoms with Crippen LogP contribution in [0.3, 0.4) is 0 Å². The predicted molar refractivity (Wildman–Crippen MR) is 261 cm³/mol. The van der Waals surface area contributed by atoms with Gasteiger partial charge in [0.15, 0.2) is 12.1 Å². The molecule has 2 amide bonds. The second kappa shape index (κ2) is 30.9. The summed E-state index contributed by atoms with van der Waals surface area (Å²) >= 11 is 0. The van der Waals surface area contributed by atoms with Crippen LogP contribution in [0.15, 0.2) is 85.1 Å². The monoisotopic (exact) mass is 1010 g/mol. The van der Waals surface area contributed by atoms with Crippen molar-refractivity contribution in [1.82, 2.24) is 5.32 Å². The molecule has 0 unspecified atom stereocenters. The van der Waals surface area contributed by atoms with Crippen LogP contribution in [0.25, 0.3) is 0 Å². The number of rotatable bonds is 7. The normalized spacial score (nSPS) is 42.5. The number of cyclic esters (lactones) is 1. The molecule has 0 saturated carbocycles. The number of hydrogen-bond donors (Lipinski definition) is 13. The first-order valence-electron chi connectivity index (χ1n) is 24.5. The summed E-state index contributed by atoms with van der Waals surface area (Å²) in [6, 6.07) is -1.16. The standard InChI is InChI=1S/C51H81N3O17/c1-30-18-15-13-11-9-7-5-6-8-10-12-14-16-19-37(70-50-48(65)45(53)47(64)33(4)69-50)27-41-44(49(66)54-23-17-20-42(52)61)40(60)29-51(67,71-41)28-36(57)25-39(59)38(58)22-21-34(55)24-35(56)26-43(62)68-32(3)31(2)46(30)63/h5-16,18-19,30-41,44-48,50,55-60,63-65,67H,17,20-29,53H2,1-4H3,(H2,52,61)(H,54,66)/b6-5+,9-7+,10-8+,13-11+,14-12+,18-15+,19-16+/t30-,31-,32-,33+,34+,35+,36-,37-,38+,39+,40-,41-,44+,45-,46+,47+,48-,50-,51+/m0/s1. The van der Waals surface area contributed by atoms with Gasteiger partial charge >= 0.3 is 5.97 Å². The van der Waals surface area contributed by atoms with E-state index in [-0.39, 0.29) is 51.0 Å². The fraction of sp³-hybridized carbons (Fsp3) is 0.667. The van der Waals surface area contributed by atoms with Gasteiger partial charge in [0, 0.05) is 50.5 Å². The Balaban J connectivity index is 1.93. The Bertz CT molecular complexity index is 1840. The Morgan fingerprint density at radius 2 is 1.30 bits per heavy atom. The van der Waals surface area contributed by atoms with Crippen LogP contribution in [0.4, 0.5) is 0 Å². The molecule has 2 bridgehead atoms. The lowest BCUT2D eigenvalue weighted by molar-refractivity contribution is -0.307. The van der Waals surface area contributed by atoms with Gasteiger partial charge in [0.05, 0.1) is 85.5 Å². The van der Waals surface area contributed by atoms with Crippen molar-refractivity contribution in [1.29, 1.82) is 0 Å². The molecule has 2 saturated heterocycles. The fourth-order valence-electron chi connectivity index (χ4n) is 8.58. The summed E-state index contributed by atoms with van der Waals surface area (Å²) in [4.78, 5) is 37.7. The number of hydrogen-bond acceptors (Lipinski definition) is 18. The van der Waals surface area contributed by atoms with E-state index in [4.69, 9.17) is 30.4 Å². The number of primary amides is 1. The summed E-state index contributed by atoms with van der Waals surface area (Å²) in [7, 11) is 0. The SMILES string of the molecule is C[C@@H]1[C@H](O)[C@@H](C)/C=C/C=C/C=C/C=C/C=C/C=C/C=C/[C@H](O[C@@H]2O[C@H](C)[C@@H](O)[C@H](N)[C@@H]2O)C[C@@H]2O[C@](O)(C[C@@H](O)C[C@@H](O)[C@H](O)CC[C@@H](O)C[C@@H](O)CC(=O)O[C@H]1C)C[C@H](O)[C@H]2C(=O)NCCCC(N)=O. The van der Waals surface area contributed by atoms with Crippen LogP contribution in [0.5, 0.6) is 0 Å². The summed E-state index contributed by atoms with van der Waals surface area (Å²) in [6.45, 7) is 6.77. The van der Waals surface area contributed by atoms with Crippen LogP contribution in [0.2, 0.25) is 0 Å². The third-order valence-corrected chi connectivity index (χ3v) is 12.9. The number of nitrogens with two attached hydrogens (primary N) is 2. The van der Waals surface area contributed by atoms with Gasteiger partial charge in [-0.25, -0.2) is 0 Å². The van der Waals surface area contributed by atoms with Crippen molar-refractivity contribution in [2.75, 3.05) is 6.54 Å². The molecule has 0 radical (unpaired) electrons. The van der Waals surface area contributed by atoms with Crippen molar-refractivity contribution >= 4 is 17.8 Å². The van der Waals surface area contributed by atoms with Crippen LogP contribution >= 0.6 is 0 Å². The highest BCUT2D eigenvalue weighted by Gasteiger charge is 2.51. The maximum atomic E-state index is 13.7. The number of fused-ring (bicyclic) bond motifs is 2. The van der Waals surface area contributed by atoms with E-state index in [0.29, 0.717) is 0 Å². The number of carbonyl (C=O) groups is 3. The third kappa shape index (κ3) is 21.6. The minimum atomic E-state index is -2.31. The van der Waals surface area contributed by atoms with Gasteiger partial charge in [0.1, 0.15) is 12.2 Å². The molecule has 0 aromatic carbocycles. The highest BCUT2D eigenvalue weighted by atomic mass is 16.7. The number of aliphatic hydroxyl groups excluding tert-OH is 9. The Morgan fingerprint density at radius 1 is 0.704 bits per heavy atom. The van der Waals surface area contributed by atoms with Gasteiger partial charge in [-0.15, -0.1) is 0 Å². The number of amides is 2. The quantitative estimate of drug-likeness (QED) is 0.118. The van der Waals surface area contributed by atoms with Crippen LogP contribution < -0.4 is 16.8 Å². The zero-order chi connectivity index (χ0) is 52.8. The molecule has 0 aromatic rings. The third-order valence-electron chi connectivity index (χ3n) is 12.9. The molecule has 20 heteroatoms. The lowest BCUT2D eigenvalue weighted by atomic mass is 9.82. The van der Waals surface area contributed by atoms with Gasteiger partial charge in [0.2, 0.25) is 11.8 Å². The van der Waals surface area contributed by atoms with E-state index in [1.165, 1.54) is 0 Å². The molecule has 20 nitrogen and oxygen atoms in total. The minimum absolute atomic E-state index is 0.0101. The summed E-state index contributed by atoms with van der Waals surface area (Å²) in [5.74, 6) is -6.43. The van der Waals surface area contributed by atoms with E-state index in [0.717, 1.165) is 0 Å². The van der Waals surface area contributed by atoms with Crippen molar-refractivity contribution in [3.8, 4) is 0 Å². The summed E-state index contributed by atoms with van der Waals surface area (Å²) in [5, 5.41) is 112. The van der Waals surface area contributed by atoms with E-state index in [1.54, 1.807) is 81.5 Å². The average molecular weight is 1010 g/mol. The zero-order valence-electron chi connectivity index (χ0n) is 41.2. The first-order chi connectivity index (χ1) is 33.5. The van der Waals surface area contributed by atoms with Crippen LogP contribution in [0.1, 0.15) is 91.9 Å². The van der Waals surface area contributed by atoms with Gasteiger partial charge in [-0.3, -0.25) is 14.4 Å².